The first-order chi connectivity index (χ1) is 14.0. The van der Waals surface area contributed by atoms with Crippen LogP contribution in [0, 0.1) is 5.41 Å². The molecule has 152 valence electrons. The standard InChI is InChI=1S/C20H25N7O2/c1-12-16(21)20(11-29-12)5-9-27(10-6-20)19-23-17-14(18(28)26(19)2)15(24-25-17)13-3-7-22-8-4-13/h3-4,7-8,12,16H,5-6,9-11,21H2,1-2H3,(H,24,25)/t12-,16+/m0/s1. The van der Waals surface area contributed by atoms with Gasteiger partial charge in [0.05, 0.1) is 12.7 Å². The minimum atomic E-state index is -0.111. The van der Waals surface area contributed by atoms with Crippen molar-refractivity contribution in [1.29, 1.82) is 0 Å². The summed E-state index contributed by atoms with van der Waals surface area (Å²) in [5, 5.41) is 7.78. The molecule has 2 aliphatic heterocycles. The average Bonchev–Trinajstić information content (AvgIpc) is 3.30. The molecule has 0 aliphatic carbocycles. The van der Waals surface area contributed by atoms with Crippen LogP contribution in [-0.2, 0) is 11.8 Å². The second-order valence-electron chi connectivity index (χ2n) is 8.20. The third-order valence-electron chi connectivity index (χ3n) is 6.62. The van der Waals surface area contributed by atoms with Crippen molar-refractivity contribution >= 4 is 17.0 Å². The number of H-pyrrole nitrogens is 1. The fourth-order valence-electron chi connectivity index (χ4n) is 4.68. The summed E-state index contributed by atoms with van der Waals surface area (Å²) in [5.41, 5.74) is 8.28. The van der Waals surface area contributed by atoms with Crippen LogP contribution in [0.1, 0.15) is 19.8 Å². The molecule has 0 amide bonds. The summed E-state index contributed by atoms with van der Waals surface area (Å²) in [6.07, 6.45) is 5.32. The molecule has 0 aromatic carbocycles. The van der Waals surface area contributed by atoms with Gasteiger partial charge in [0.2, 0.25) is 5.95 Å². The van der Waals surface area contributed by atoms with E-state index in [9.17, 15) is 4.79 Å². The number of ether oxygens (including phenoxy) is 1. The Kier molecular flexibility index (Phi) is 4.18. The molecule has 2 aliphatic rings. The lowest BCUT2D eigenvalue weighted by molar-refractivity contribution is 0.0973. The predicted octanol–water partition coefficient (Wildman–Crippen LogP) is 1.05. The first-order valence-corrected chi connectivity index (χ1v) is 9.98. The first kappa shape index (κ1) is 18.3. The van der Waals surface area contributed by atoms with Crippen LogP contribution in [0.25, 0.3) is 22.3 Å². The van der Waals surface area contributed by atoms with Gasteiger partial charge in [0.25, 0.3) is 5.56 Å². The van der Waals surface area contributed by atoms with E-state index in [-0.39, 0.29) is 23.1 Å². The molecule has 5 rings (SSSR count). The molecule has 0 unspecified atom stereocenters. The number of hydrogen-bond acceptors (Lipinski definition) is 7. The molecule has 5 heterocycles. The van der Waals surface area contributed by atoms with Gasteiger partial charge in [-0.15, -0.1) is 0 Å². The number of aromatic nitrogens is 5. The highest BCUT2D eigenvalue weighted by molar-refractivity contribution is 5.90. The average molecular weight is 395 g/mol. The lowest BCUT2D eigenvalue weighted by Gasteiger charge is -2.41. The van der Waals surface area contributed by atoms with Crippen molar-refractivity contribution in [2.24, 2.45) is 18.2 Å². The van der Waals surface area contributed by atoms with Crippen molar-refractivity contribution in [2.45, 2.75) is 31.9 Å². The smallest absolute Gasteiger partial charge is 0.266 e. The number of rotatable bonds is 2. The number of aromatic amines is 1. The van der Waals surface area contributed by atoms with E-state index in [1.54, 1.807) is 24.0 Å². The molecule has 1 spiro atoms. The molecule has 3 N–H and O–H groups in total. The fraction of sp³-hybridized carbons (Fsp3) is 0.500. The number of piperidine rings is 1. The maximum absolute atomic E-state index is 13.2. The van der Waals surface area contributed by atoms with Gasteiger partial charge < -0.3 is 15.4 Å². The molecule has 3 aromatic heterocycles. The summed E-state index contributed by atoms with van der Waals surface area (Å²) in [6, 6.07) is 3.72. The molecule has 2 fully saturated rings. The van der Waals surface area contributed by atoms with Gasteiger partial charge in [0.1, 0.15) is 11.1 Å². The number of hydrogen-bond donors (Lipinski definition) is 2. The Bertz CT molecular complexity index is 1100. The normalized spacial score (nSPS) is 23.9. The molecule has 2 atom stereocenters. The van der Waals surface area contributed by atoms with Crippen LogP contribution in [0.4, 0.5) is 5.95 Å². The zero-order valence-corrected chi connectivity index (χ0v) is 16.6. The van der Waals surface area contributed by atoms with E-state index >= 15 is 0 Å². The molecule has 0 bridgehead atoms. The molecule has 2 saturated heterocycles. The molecular weight excluding hydrogens is 370 g/mol. The zero-order valence-electron chi connectivity index (χ0n) is 16.6. The van der Waals surface area contributed by atoms with Crippen LogP contribution in [-0.4, -0.2) is 56.6 Å². The number of fused-ring (bicyclic) bond motifs is 1. The lowest BCUT2D eigenvalue weighted by Crippen LogP contribution is -2.51. The van der Waals surface area contributed by atoms with E-state index in [1.807, 2.05) is 19.1 Å². The van der Waals surface area contributed by atoms with Crippen LogP contribution >= 0.6 is 0 Å². The highest BCUT2D eigenvalue weighted by Gasteiger charge is 2.47. The molecular formula is C20H25N7O2. The monoisotopic (exact) mass is 395 g/mol. The molecule has 9 nitrogen and oxygen atoms in total. The lowest BCUT2D eigenvalue weighted by atomic mass is 9.73. The van der Waals surface area contributed by atoms with Crippen molar-refractivity contribution in [2.75, 3.05) is 24.6 Å². The van der Waals surface area contributed by atoms with Gasteiger partial charge in [-0.25, -0.2) is 0 Å². The Morgan fingerprint density at radius 1 is 1.28 bits per heavy atom. The van der Waals surface area contributed by atoms with Crippen LogP contribution in [0.2, 0.25) is 0 Å². The minimum absolute atomic E-state index is 0.0292. The van der Waals surface area contributed by atoms with Gasteiger partial charge in [0, 0.05) is 49.6 Å². The SMILES string of the molecule is C[C@@H]1OCC2(CCN(c3nc4[nH]nc(-c5ccncc5)c4c(=O)n3C)CC2)[C@@H]1N. The number of nitrogens with one attached hydrogen (secondary N) is 1. The highest BCUT2D eigenvalue weighted by Crippen LogP contribution is 2.41. The summed E-state index contributed by atoms with van der Waals surface area (Å²) in [5.74, 6) is 0.655. The molecule has 3 aromatic rings. The van der Waals surface area contributed by atoms with Crippen molar-refractivity contribution in [3.63, 3.8) is 0 Å². The maximum atomic E-state index is 13.2. The number of anilines is 1. The highest BCUT2D eigenvalue weighted by atomic mass is 16.5. The summed E-state index contributed by atoms with van der Waals surface area (Å²) in [6.45, 7) is 4.34. The quantitative estimate of drug-likeness (QED) is 0.666. The Balaban J connectivity index is 1.48. The Hall–Kier alpha value is -2.78. The summed E-state index contributed by atoms with van der Waals surface area (Å²) < 4.78 is 7.43. The van der Waals surface area contributed by atoms with Gasteiger partial charge in [-0.3, -0.25) is 19.4 Å². The third-order valence-corrected chi connectivity index (χ3v) is 6.62. The van der Waals surface area contributed by atoms with Gasteiger partial charge in [-0.05, 0) is 31.9 Å². The number of nitrogens with two attached hydrogens (primary N) is 1. The zero-order chi connectivity index (χ0) is 20.2. The fourth-order valence-corrected chi connectivity index (χ4v) is 4.68. The largest absolute Gasteiger partial charge is 0.376 e. The first-order valence-electron chi connectivity index (χ1n) is 9.98. The molecule has 29 heavy (non-hydrogen) atoms. The summed E-state index contributed by atoms with van der Waals surface area (Å²) in [4.78, 5) is 24.1. The Labute approximate surface area is 167 Å². The molecule has 0 radical (unpaired) electrons. The van der Waals surface area contributed by atoms with Crippen LogP contribution in [0.5, 0.6) is 0 Å². The van der Waals surface area contributed by atoms with Gasteiger partial charge >= 0.3 is 0 Å². The maximum Gasteiger partial charge on any atom is 0.266 e. The van der Waals surface area contributed by atoms with E-state index in [0.717, 1.165) is 31.5 Å². The van der Waals surface area contributed by atoms with Crippen molar-refractivity contribution in [3.8, 4) is 11.3 Å². The van der Waals surface area contributed by atoms with Gasteiger partial charge in [-0.1, -0.05) is 0 Å². The summed E-state index contributed by atoms with van der Waals surface area (Å²) in [7, 11) is 1.77. The number of pyridine rings is 1. The van der Waals surface area contributed by atoms with Crippen LogP contribution in [0.3, 0.4) is 0 Å². The van der Waals surface area contributed by atoms with Crippen LogP contribution < -0.4 is 16.2 Å². The third kappa shape index (κ3) is 2.76. The Morgan fingerprint density at radius 2 is 2.00 bits per heavy atom. The van der Waals surface area contributed by atoms with Crippen molar-refractivity contribution in [3.05, 3.63) is 34.9 Å². The predicted molar refractivity (Wildman–Crippen MR) is 110 cm³/mol. The van der Waals surface area contributed by atoms with Gasteiger partial charge in [0.15, 0.2) is 5.65 Å². The second-order valence-corrected chi connectivity index (χ2v) is 8.20. The van der Waals surface area contributed by atoms with E-state index in [2.05, 4.69) is 20.1 Å². The molecule has 9 heteroatoms. The summed E-state index contributed by atoms with van der Waals surface area (Å²) >= 11 is 0. The van der Waals surface area contributed by atoms with E-state index < -0.39 is 0 Å². The van der Waals surface area contributed by atoms with Crippen molar-refractivity contribution in [1.82, 2.24) is 24.7 Å². The topological polar surface area (TPSA) is 115 Å². The van der Waals surface area contributed by atoms with Crippen molar-refractivity contribution < 1.29 is 4.74 Å². The van der Waals surface area contributed by atoms with E-state index in [4.69, 9.17) is 15.5 Å². The Morgan fingerprint density at radius 3 is 2.66 bits per heavy atom. The molecule has 0 saturated carbocycles. The van der Waals surface area contributed by atoms with Gasteiger partial charge in [-0.2, -0.15) is 10.1 Å². The second kappa shape index (κ2) is 6.64. The minimum Gasteiger partial charge on any atom is -0.376 e. The van der Waals surface area contributed by atoms with Crippen LogP contribution in [0.15, 0.2) is 29.3 Å². The number of nitrogens with zero attached hydrogens (tertiary/aromatic N) is 5. The van der Waals surface area contributed by atoms with E-state index in [1.165, 1.54) is 0 Å². The van der Waals surface area contributed by atoms with E-state index in [0.29, 0.717) is 29.3 Å².